The highest BCUT2D eigenvalue weighted by Gasteiger charge is 2.04. The number of amides is 1. The molecule has 0 heterocycles. The number of nitrogens with two attached hydrogens (primary N) is 1. The summed E-state index contributed by atoms with van der Waals surface area (Å²) in [4.78, 5) is 10.8. The van der Waals surface area contributed by atoms with Crippen molar-refractivity contribution >= 4 is 11.6 Å². The molecule has 0 aliphatic rings. The topological polar surface area (TPSA) is 75.4 Å². The van der Waals surface area contributed by atoms with Crippen LogP contribution in [0.3, 0.4) is 0 Å². The minimum absolute atomic E-state index is 0.0780. The number of carbonyl (C=O) groups excluding carboxylic acids is 1. The lowest BCUT2D eigenvalue weighted by molar-refractivity contribution is -0.114. The summed E-state index contributed by atoms with van der Waals surface area (Å²) >= 11 is 0. The normalized spacial score (nSPS) is 12.2. The van der Waals surface area contributed by atoms with Crippen molar-refractivity contribution in [3.63, 3.8) is 0 Å². The lowest BCUT2D eigenvalue weighted by atomic mass is 10.0. The van der Waals surface area contributed by atoms with Gasteiger partial charge in [-0.05, 0) is 24.1 Å². The summed E-state index contributed by atoms with van der Waals surface area (Å²) in [5, 5.41) is 11.4. The Labute approximate surface area is 89.1 Å². The summed E-state index contributed by atoms with van der Waals surface area (Å²) in [5.41, 5.74) is 7.52. The molecule has 0 unspecified atom stereocenters. The second kappa shape index (κ2) is 5.48. The number of benzene rings is 1. The van der Waals surface area contributed by atoms with Crippen LogP contribution >= 0.6 is 0 Å². The Balaban J connectivity index is 2.67. The van der Waals surface area contributed by atoms with Crippen molar-refractivity contribution < 1.29 is 9.90 Å². The monoisotopic (exact) mass is 208 g/mol. The standard InChI is InChI=1S/C11H16N2O2/c1-8(15)13-10-4-2-9(3-5-10)11(12)6-7-14/h2-5,11,14H,6-7,12H2,1H3,(H,13,15)/t11-/m1/s1. The quantitative estimate of drug-likeness (QED) is 0.691. The predicted molar refractivity (Wildman–Crippen MR) is 59.4 cm³/mol. The van der Waals surface area contributed by atoms with Gasteiger partial charge in [-0.25, -0.2) is 0 Å². The first kappa shape index (κ1) is 11.7. The van der Waals surface area contributed by atoms with E-state index in [4.69, 9.17) is 10.8 Å². The van der Waals surface area contributed by atoms with E-state index in [0.717, 1.165) is 11.3 Å². The molecule has 1 aromatic rings. The Morgan fingerprint density at radius 1 is 1.47 bits per heavy atom. The van der Waals surface area contributed by atoms with Crippen LogP contribution in [0.1, 0.15) is 24.9 Å². The molecule has 1 amide bonds. The molecule has 1 rings (SSSR count). The molecule has 0 saturated heterocycles. The molecule has 1 aromatic carbocycles. The van der Waals surface area contributed by atoms with Crippen molar-refractivity contribution in [3.05, 3.63) is 29.8 Å². The Hall–Kier alpha value is -1.39. The van der Waals surface area contributed by atoms with Gasteiger partial charge in [0.1, 0.15) is 0 Å². The summed E-state index contributed by atoms with van der Waals surface area (Å²) in [6, 6.07) is 7.15. The van der Waals surface area contributed by atoms with Gasteiger partial charge >= 0.3 is 0 Å². The number of carbonyl (C=O) groups is 1. The largest absolute Gasteiger partial charge is 0.396 e. The number of rotatable bonds is 4. The van der Waals surface area contributed by atoms with E-state index < -0.39 is 0 Å². The summed E-state index contributed by atoms with van der Waals surface area (Å²) in [5.74, 6) is -0.0950. The van der Waals surface area contributed by atoms with Crippen molar-refractivity contribution in [2.75, 3.05) is 11.9 Å². The molecule has 4 nitrogen and oxygen atoms in total. The molecule has 15 heavy (non-hydrogen) atoms. The maximum absolute atomic E-state index is 10.8. The summed E-state index contributed by atoms with van der Waals surface area (Å²) in [6.45, 7) is 1.54. The Bertz CT molecular complexity index is 322. The fourth-order valence-corrected chi connectivity index (χ4v) is 1.32. The van der Waals surface area contributed by atoms with Crippen LogP contribution in [0.15, 0.2) is 24.3 Å². The maximum Gasteiger partial charge on any atom is 0.221 e. The molecule has 4 N–H and O–H groups in total. The first-order valence-corrected chi connectivity index (χ1v) is 4.87. The molecule has 0 aliphatic carbocycles. The van der Waals surface area contributed by atoms with Gasteiger partial charge in [-0.1, -0.05) is 12.1 Å². The van der Waals surface area contributed by atoms with Gasteiger partial charge in [-0.2, -0.15) is 0 Å². The second-order valence-electron chi connectivity index (χ2n) is 3.42. The number of anilines is 1. The summed E-state index contributed by atoms with van der Waals surface area (Å²) in [6.07, 6.45) is 0.541. The van der Waals surface area contributed by atoms with Gasteiger partial charge in [0, 0.05) is 25.3 Å². The van der Waals surface area contributed by atoms with E-state index in [1.807, 2.05) is 12.1 Å². The minimum atomic E-state index is -0.152. The van der Waals surface area contributed by atoms with E-state index in [9.17, 15) is 4.79 Å². The lowest BCUT2D eigenvalue weighted by Crippen LogP contribution is -2.12. The summed E-state index contributed by atoms with van der Waals surface area (Å²) < 4.78 is 0. The zero-order chi connectivity index (χ0) is 11.3. The predicted octanol–water partition coefficient (Wildman–Crippen LogP) is 1.03. The van der Waals surface area contributed by atoms with Crippen LogP contribution in [0.5, 0.6) is 0 Å². The van der Waals surface area contributed by atoms with Crippen LogP contribution in [-0.2, 0) is 4.79 Å². The fraction of sp³-hybridized carbons (Fsp3) is 0.364. The van der Waals surface area contributed by atoms with Crippen molar-refractivity contribution in [3.8, 4) is 0 Å². The van der Waals surface area contributed by atoms with E-state index >= 15 is 0 Å². The molecule has 0 fully saturated rings. The van der Waals surface area contributed by atoms with E-state index in [-0.39, 0.29) is 18.6 Å². The van der Waals surface area contributed by atoms with Gasteiger partial charge in [0.2, 0.25) is 5.91 Å². The maximum atomic E-state index is 10.8. The molecule has 0 aromatic heterocycles. The number of nitrogens with one attached hydrogen (secondary N) is 1. The molecule has 82 valence electrons. The first-order valence-electron chi connectivity index (χ1n) is 4.87. The van der Waals surface area contributed by atoms with Gasteiger partial charge in [-0.3, -0.25) is 4.79 Å². The van der Waals surface area contributed by atoms with Crippen LogP contribution in [0.25, 0.3) is 0 Å². The van der Waals surface area contributed by atoms with Crippen molar-refractivity contribution in [2.24, 2.45) is 5.73 Å². The third-order valence-electron chi connectivity index (χ3n) is 2.10. The number of aliphatic hydroxyl groups excluding tert-OH is 1. The molecule has 0 bridgehead atoms. The number of aliphatic hydroxyl groups is 1. The van der Waals surface area contributed by atoms with Crippen molar-refractivity contribution in [1.82, 2.24) is 0 Å². The van der Waals surface area contributed by atoms with Crippen LogP contribution in [0.2, 0.25) is 0 Å². The first-order chi connectivity index (χ1) is 7.13. The van der Waals surface area contributed by atoms with Gasteiger partial charge in [0.15, 0.2) is 0 Å². The smallest absolute Gasteiger partial charge is 0.221 e. The third-order valence-corrected chi connectivity index (χ3v) is 2.10. The third kappa shape index (κ3) is 3.69. The second-order valence-corrected chi connectivity index (χ2v) is 3.42. The van der Waals surface area contributed by atoms with Gasteiger partial charge < -0.3 is 16.2 Å². The van der Waals surface area contributed by atoms with Crippen molar-refractivity contribution in [2.45, 2.75) is 19.4 Å². The van der Waals surface area contributed by atoms with Gasteiger partial charge in [-0.15, -0.1) is 0 Å². The van der Waals surface area contributed by atoms with Crippen molar-refractivity contribution in [1.29, 1.82) is 0 Å². The molecule has 1 atom stereocenters. The van der Waals surface area contributed by atoms with E-state index in [1.165, 1.54) is 6.92 Å². The molecule has 0 saturated carbocycles. The highest BCUT2D eigenvalue weighted by Crippen LogP contribution is 2.16. The zero-order valence-electron chi connectivity index (χ0n) is 8.73. The average molecular weight is 208 g/mol. The lowest BCUT2D eigenvalue weighted by Gasteiger charge is -2.11. The molecular weight excluding hydrogens is 192 g/mol. The van der Waals surface area contributed by atoms with E-state index in [2.05, 4.69) is 5.32 Å². The van der Waals surface area contributed by atoms with Gasteiger partial charge in [0.05, 0.1) is 0 Å². The molecule has 4 heteroatoms. The minimum Gasteiger partial charge on any atom is -0.396 e. The Kier molecular flexibility index (Phi) is 4.27. The molecule has 0 radical (unpaired) electrons. The van der Waals surface area contributed by atoms with E-state index in [1.54, 1.807) is 12.1 Å². The number of hydrogen-bond donors (Lipinski definition) is 3. The number of hydrogen-bond acceptors (Lipinski definition) is 3. The molecule has 0 spiro atoms. The van der Waals surface area contributed by atoms with E-state index in [0.29, 0.717) is 6.42 Å². The van der Waals surface area contributed by atoms with Gasteiger partial charge in [0.25, 0.3) is 0 Å². The van der Waals surface area contributed by atoms with Crippen LogP contribution in [0.4, 0.5) is 5.69 Å². The molecule has 0 aliphatic heterocycles. The van der Waals surface area contributed by atoms with Crippen LogP contribution in [-0.4, -0.2) is 17.6 Å². The highest BCUT2D eigenvalue weighted by molar-refractivity contribution is 5.88. The zero-order valence-corrected chi connectivity index (χ0v) is 8.73. The highest BCUT2D eigenvalue weighted by atomic mass is 16.3. The average Bonchev–Trinajstić information content (AvgIpc) is 2.18. The van der Waals surface area contributed by atoms with Crippen LogP contribution in [0, 0.1) is 0 Å². The SMILES string of the molecule is CC(=O)Nc1ccc([C@H](N)CCO)cc1. The Morgan fingerprint density at radius 3 is 2.53 bits per heavy atom. The fourth-order valence-electron chi connectivity index (χ4n) is 1.32. The summed E-state index contributed by atoms with van der Waals surface area (Å²) in [7, 11) is 0. The molecular formula is C11H16N2O2. The van der Waals surface area contributed by atoms with Crippen LogP contribution < -0.4 is 11.1 Å². The Morgan fingerprint density at radius 2 is 2.07 bits per heavy atom.